The molecule has 3 heteroatoms. The lowest BCUT2D eigenvalue weighted by Gasteiger charge is -2.32. The molecule has 0 amide bonds. The maximum absolute atomic E-state index is 12.7. The number of nitrogens with zero attached hydrogens (tertiary/aromatic N) is 1. The van der Waals surface area contributed by atoms with Crippen molar-refractivity contribution in [3.8, 4) is 0 Å². The van der Waals surface area contributed by atoms with Gasteiger partial charge in [0.15, 0.2) is 5.60 Å². The van der Waals surface area contributed by atoms with E-state index in [9.17, 15) is 4.79 Å². The lowest BCUT2D eigenvalue weighted by atomic mass is 9.78. The van der Waals surface area contributed by atoms with Crippen LogP contribution in [-0.4, -0.2) is 25.0 Å². The zero-order valence-corrected chi connectivity index (χ0v) is 15.0. The highest BCUT2D eigenvalue weighted by atomic mass is 16.6. The minimum absolute atomic E-state index is 0.274. The summed E-state index contributed by atoms with van der Waals surface area (Å²) in [5.41, 5.74) is 3.74. The minimum Gasteiger partial charge on any atom is -0.441 e. The molecule has 1 aliphatic heterocycles. The largest absolute Gasteiger partial charge is 0.441 e. The predicted molar refractivity (Wildman–Crippen MR) is 102 cm³/mol. The first-order valence-corrected chi connectivity index (χ1v) is 8.74. The Bertz CT molecular complexity index is 949. The Morgan fingerprint density at radius 3 is 2.15 bits per heavy atom. The van der Waals surface area contributed by atoms with E-state index in [1.807, 2.05) is 80.8 Å². The molecule has 4 rings (SSSR count). The van der Waals surface area contributed by atoms with Gasteiger partial charge in [0.1, 0.15) is 0 Å². The number of cyclic esters (lactones) is 1. The van der Waals surface area contributed by atoms with E-state index in [1.54, 1.807) is 0 Å². The van der Waals surface area contributed by atoms with Crippen LogP contribution >= 0.6 is 0 Å². The standard InChI is InChI=1S/C23H21NO2/c1-24(2)16-17-10-6-8-14-20(17)23(18-11-4-3-5-12-18)21-15-9-7-13-19(21)22(25)26-23/h3-15H,16H2,1-2H3/t23-/m0/s1. The third-order valence-corrected chi connectivity index (χ3v) is 4.84. The van der Waals surface area contributed by atoms with E-state index in [0.717, 1.165) is 28.8 Å². The van der Waals surface area contributed by atoms with Crippen LogP contribution in [0.5, 0.6) is 0 Å². The van der Waals surface area contributed by atoms with Crippen LogP contribution in [0.25, 0.3) is 0 Å². The fourth-order valence-electron chi connectivity index (χ4n) is 3.80. The highest BCUT2D eigenvalue weighted by molar-refractivity contribution is 5.96. The second kappa shape index (κ2) is 6.43. The smallest absolute Gasteiger partial charge is 0.340 e. The number of ether oxygens (including phenoxy) is 1. The number of esters is 1. The summed E-state index contributed by atoms with van der Waals surface area (Å²) in [6, 6.07) is 25.9. The Hall–Kier alpha value is -2.91. The van der Waals surface area contributed by atoms with Crippen LogP contribution < -0.4 is 0 Å². The maximum Gasteiger partial charge on any atom is 0.340 e. The number of benzene rings is 3. The Morgan fingerprint density at radius 1 is 0.808 bits per heavy atom. The summed E-state index contributed by atoms with van der Waals surface area (Å²) in [7, 11) is 4.08. The van der Waals surface area contributed by atoms with Crippen molar-refractivity contribution >= 4 is 5.97 Å². The number of carbonyl (C=O) groups excluding carboxylic acids is 1. The molecule has 0 unspecified atom stereocenters. The Balaban J connectivity index is 2.04. The first-order chi connectivity index (χ1) is 12.6. The summed E-state index contributed by atoms with van der Waals surface area (Å²) in [4.78, 5) is 14.9. The van der Waals surface area contributed by atoms with E-state index in [-0.39, 0.29) is 5.97 Å². The van der Waals surface area contributed by atoms with Crippen molar-refractivity contribution in [2.24, 2.45) is 0 Å². The second-order valence-electron chi connectivity index (χ2n) is 6.88. The lowest BCUT2D eigenvalue weighted by molar-refractivity contribution is 0.0248. The Labute approximate surface area is 153 Å². The summed E-state index contributed by atoms with van der Waals surface area (Å²) in [5, 5.41) is 0. The number of carbonyl (C=O) groups is 1. The van der Waals surface area contributed by atoms with Gasteiger partial charge in [0.2, 0.25) is 0 Å². The fourth-order valence-corrected chi connectivity index (χ4v) is 3.80. The summed E-state index contributed by atoms with van der Waals surface area (Å²) in [6.07, 6.45) is 0. The van der Waals surface area contributed by atoms with Crippen molar-refractivity contribution in [1.29, 1.82) is 0 Å². The monoisotopic (exact) mass is 343 g/mol. The highest BCUT2D eigenvalue weighted by Gasteiger charge is 2.49. The molecule has 0 N–H and O–H groups in total. The van der Waals surface area contributed by atoms with Crippen LogP contribution in [0.2, 0.25) is 0 Å². The minimum atomic E-state index is -0.915. The molecule has 26 heavy (non-hydrogen) atoms. The first-order valence-electron chi connectivity index (χ1n) is 8.74. The van der Waals surface area contributed by atoms with Crippen LogP contribution in [0.3, 0.4) is 0 Å². The van der Waals surface area contributed by atoms with Gasteiger partial charge in [0, 0.05) is 23.2 Å². The van der Waals surface area contributed by atoms with E-state index in [4.69, 9.17) is 4.74 Å². The molecule has 0 saturated heterocycles. The van der Waals surface area contributed by atoms with Gasteiger partial charge >= 0.3 is 5.97 Å². The van der Waals surface area contributed by atoms with Crippen molar-refractivity contribution in [2.45, 2.75) is 12.1 Å². The quantitative estimate of drug-likeness (QED) is 0.665. The molecule has 0 aromatic heterocycles. The molecular formula is C23H21NO2. The second-order valence-corrected chi connectivity index (χ2v) is 6.88. The third kappa shape index (κ3) is 2.52. The molecule has 3 nitrogen and oxygen atoms in total. The Kier molecular flexibility index (Phi) is 4.09. The molecule has 0 bridgehead atoms. The van der Waals surface area contributed by atoms with Crippen LogP contribution in [0.1, 0.15) is 32.6 Å². The topological polar surface area (TPSA) is 29.5 Å². The van der Waals surface area contributed by atoms with Crippen LogP contribution in [0.4, 0.5) is 0 Å². The van der Waals surface area contributed by atoms with Crippen LogP contribution in [0, 0.1) is 0 Å². The van der Waals surface area contributed by atoms with Gasteiger partial charge < -0.3 is 9.64 Å². The summed E-state index contributed by atoms with van der Waals surface area (Å²) >= 11 is 0. The molecule has 1 atom stereocenters. The average Bonchev–Trinajstić information content (AvgIpc) is 2.96. The number of hydrogen-bond acceptors (Lipinski definition) is 3. The molecule has 3 aromatic rings. The van der Waals surface area contributed by atoms with E-state index in [0.29, 0.717) is 5.56 Å². The van der Waals surface area contributed by atoms with Gasteiger partial charge in [-0.1, -0.05) is 72.8 Å². The van der Waals surface area contributed by atoms with Gasteiger partial charge in [-0.05, 0) is 25.7 Å². The van der Waals surface area contributed by atoms with E-state index < -0.39 is 5.60 Å². The molecule has 0 saturated carbocycles. The predicted octanol–water partition coefficient (Wildman–Crippen LogP) is 4.21. The van der Waals surface area contributed by atoms with Crippen molar-refractivity contribution in [1.82, 2.24) is 4.90 Å². The molecule has 0 radical (unpaired) electrons. The summed E-state index contributed by atoms with van der Waals surface area (Å²) in [6.45, 7) is 0.768. The molecule has 0 aliphatic carbocycles. The van der Waals surface area contributed by atoms with Crippen molar-refractivity contribution in [3.63, 3.8) is 0 Å². The van der Waals surface area contributed by atoms with Crippen LogP contribution in [0.15, 0.2) is 78.9 Å². The number of hydrogen-bond donors (Lipinski definition) is 0. The van der Waals surface area contributed by atoms with Crippen LogP contribution in [-0.2, 0) is 16.9 Å². The maximum atomic E-state index is 12.7. The van der Waals surface area contributed by atoms with Gasteiger partial charge in [-0.2, -0.15) is 0 Å². The van der Waals surface area contributed by atoms with Gasteiger partial charge in [0.05, 0.1) is 5.56 Å². The van der Waals surface area contributed by atoms with Crippen molar-refractivity contribution in [2.75, 3.05) is 14.1 Å². The lowest BCUT2D eigenvalue weighted by Crippen LogP contribution is -2.31. The zero-order chi connectivity index (χ0) is 18.1. The molecule has 0 spiro atoms. The van der Waals surface area contributed by atoms with E-state index in [2.05, 4.69) is 17.0 Å². The third-order valence-electron chi connectivity index (χ3n) is 4.84. The average molecular weight is 343 g/mol. The van der Waals surface area contributed by atoms with Crippen molar-refractivity contribution < 1.29 is 9.53 Å². The van der Waals surface area contributed by atoms with E-state index >= 15 is 0 Å². The van der Waals surface area contributed by atoms with E-state index in [1.165, 1.54) is 0 Å². The molecule has 130 valence electrons. The fraction of sp³-hybridized carbons (Fsp3) is 0.174. The molecule has 1 aliphatic rings. The number of fused-ring (bicyclic) bond motifs is 1. The molecule has 3 aromatic carbocycles. The number of rotatable bonds is 4. The van der Waals surface area contributed by atoms with Gasteiger partial charge in [-0.3, -0.25) is 0 Å². The van der Waals surface area contributed by atoms with Crippen molar-refractivity contribution in [3.05, 3.63) is 107 Å². The SMILES string of the molecule is CN(C)Cc1ccccc1[C@]1(c2ccccc2)OC(=O)c2ccccc21. The van der Waals surface area contributed by atoms with Gasteiger partial charge in [-0.15, -0.1) is 0 Å². The first kappa shape index (κ1) is 16.6. The normalized spacial score (nSPS) is 18.7. The highest BCUT2D eigenvalue weighted by Crippen LogP contribution is 2.47. The van der Waals surface area contributed by atoms with Gasteiger partial charge in [0.25, 0.3) is 0 Å². The summed E-state index contributed by atoms with van der Waals surface area (Å²) in [5.74, 6) is -0.274. The molecule has 1 heterocycles. The zero-order valence-electron chi connectivity index (χ0n) is 15.0. The van der Waals surface area contributed by atoms with Gasteiger partial charge in [-0.25, -0.2) is 4.79 Å². The molecular weight excluding hydrogens is 322 g/mol. The summed E-state index contributed by atoms with van der Waals surface area (Å²) < 4.78 is 6.16. The Morgan fingerprint density at radius 2 is 1.42 bits per heavy atom. The molecule has 0 fully saturated rings.